The highest BCUT2D eigenvalue weighted by molar-refractivity contribution is 6.35. The number of nitrogens with zero attached hydrogens (tertiary/aromatic N) is 7. The van der Waals surface area contributed by atoms with Crippen LogP contribution in [-0.2, 0) is 4.79 Å². The molecular formula is C29H34ClFN8O. The predicted octanol–water partition coefficient (Wildman–Crippen LogP) is 4.47. The standard InChI is InChI=1S/C29H34ClFN8O/c1-6-22(40)39-10-9-37(13-17(39)3)28-20-11-21(30)24(23-16(2)7-8-18-12-32-35-26(18)23)25(31)27(20)33-29(34-28)38-14-19(15-38)36(4)5/h7-8,11-12,17,19H,6,9-10,13-15H2,1-5H3,(H,32,35). The molecule has 1 atom stereocenters. The van der Waals surface area contributed by atoms with E-state index in [1.807, 2.05) is 37.8 Å². The van der Waals surface area contributed by atoms with E-state index < -0.39 is 5.82 Å². The molecule has 0 spiro atoms. The minimum absolute atomic E-state index is 0.00276. The number of halogens is 2. The molecule has 2 aromatic heterocycles. The Bertz CT molecular complexity index is 1620. The van der Waals surface area contributed by atoms with Gasteiger partial charge in [-0.2, -0.15) is 10.1 Å². The van der Waals surface area contributed by atoms with Crippen molar-refractivity contribution in [3.05, 3.63) is 40.8 Å². The number of hydrogen-bond acceptors (Lipinski definition) is 7. The molecule has 2 aliphatic heterocycles. The first kappa shape index (κ1) is 26.7. The van der Waals surface area contributed by atoms with Crippen molar-refractivity contribution in [2.24, 2.45) is 0 Å². The van der Waals surface area contributed by atoms with Crippen molar-refractivity contribution >= 4 is 51.1 Å². The number of piperazine rings is 1. The average molecular weight is 565 g/mol. The van der Waals surface area contributed by atoms with Gasteiger partial charge in [0.2, 0.25) is 11.9 Å². The average Bonchev–Trinajstić information content (AvgIpc) is 3.37. The number of rotatable bonds is 5. The summed E-state index contributed by atoms with van der Waals surface area (Å²) in [6.07, 6.45) is 2.19. The minimum Gasteiger partial charge on any atom is -0.352 e. The third-order valence-corrected chi connectivity index (χ3v) is 8.65. The van der Waals surface area contributed by atoms with Gasteiger partial charge in [-0.1, -0.05) is 30.7 Å². The number of hydrogen-bond donors (Lipinski definition) is 1. The van der Waals surface area contributed by atoms with Gasteiger partial charge in [0.05, 0.1) is 16.7 Å². The van der Waals surface area contributed by atoms with E-state index >= 15 is 4.39 Å². The van der Waals surface area contributed by atoms with Gasteiger partial charge >= 0.3 is 0 Å². The quantitative estimate of drug-likeness (QED) is 0.383. The van der Waals surface area contributed by atoms with Crippen molar-refractivity contribution in [2.75, 3.05) is 56.6 Å². The molecule has 1 N–H and O–H groups in total. The van der Waals surface area contributed by atoms with Crippen LogP contribution < -0.4 is 9.80 Å². The van der Waals surface area contributed by atoms with Crippen LogP contribution in [0.4, 0.5) is 16.2 Å². The van der Waals surface area contributed by atoms with Crippen molar-refractivity contribution in [1.29, 1.82) is 0 Å². The number of amides is 1. The first-order valence-corrected chi connectivity index (χ1v) is 14.1. The van der Waals surface area contributed by atoms with Crippen LogP contribution in [0.2, 0.25) is 5.02 Å². The lowest BCUT2D eigenvalue weighted by Gasteiger charge is -2.44. The number of fused-ring (bicyclic) bond motifs is 2. The number of anilines is 2. The molecule has 0 radical (unpaired) electrons. The summed E-state index contributed by atoms with van der Waals surface area (Å²) in [5.41, 5.74) is 2.84. The maximum absolute atomic E-state index is 16.7. The minimum atomic E-state index is -0.477. The van der Waals surface area contributed by atoms with E-state index in [1.54, 1.807) is 12.3 Å². The predicted molar refractivity (Wildman–Crippen MR) is 158 cm³/mol. The molecule has 1 amide bonds. The van der Waals surface area contributed by atoms with E-state index in [4.69, 9.17) is 21.6 Å². The SMILES string of the molecule is CCC(=O)N1CCN(c2nc(N3CC(N(C)C)C3)nc3c(F)c(-c4c(C)ccc5cn[nH]c45)c(Cl)cc23)CC1C. The summed E-state index contributed by atoms with van der Waals surface area (Å²) in [5, 5.41) is 8.93. The van der Waals surface area contributed by atoms with Gasteiger partial charge in [0, 0.05) is 73.1 Å². The van der Waals surface area contributed by atoms with E-state index in [0.717, 1.165) is 29.6 Å². The van der Waals surface area contributed by atoms with Gasteiger partial charge in [0.15, 0.2) is 5.82 Å². The third kappa shape index (κ3) is 4.34. The molecule has 0 saturated carbocycles. The van der Waals surface area contributed by atoms with Crippen molar-refractivity contribution in [3.8, 4) is 11.1 Å². The van der Waals surface area contributed by atoms with Crippen LogP contribution in [-0.4, -0.2) is 94.8 Å². The molecule has 2 fully saturated rings. The molecule has 9 nitrogen and oxygen atoms in total. The lowest BCUT2D eigenvalue weighted by molar-refractivity contribution is -0.133. The molecule has 4 heterocycles. The Hall–Kier alpha value is -3.50. The van der Waals surface area contributed by atoms with Crippen LogP contribution >= 0.6 is 11.6 Å². The smallest absolute Gasteiger partial charge is 0.228 e. The second-order valence-electron chi connectivity index (χ2n) is 11.1. The van der Waals surface area contributed by atoms with E-state index in [1.165, 1.54) is 0 Å². The molecule has 2 saturated heterocycles. The maximum Gasteiger partial charge on any atom is 0.228 e. The molecule has 0 bridgehead atoms. The van der Waals surface area contributed by atoms with Crippen molar-refractivity contribution in [3.63, 3.8) is 0 Å². The highest BCUT2D eigenvalue weighted by Gasteiger charge is 2.34. The van der Waals surface area contributed by atoms with Crippen molar-refractivity contribution in [1.82, 2.24) is 30.0 Å². The zero-order chi connectivity index (χ0) is 28.3. The Kier molecular flexibility index (Phi) is 6.78. The Labute approximate surface area is 237 Å². The van der Waals surface area contributed by atoms with E-state index in [0.29, 0.717) is 60.4 Å². The molecule has 11 heteroatoms. The number of likely N-dealkylation sites (N-methyl/N-ethyl adjacent to an activating group) is 1. The van der Waals surface area contributed by atoms with Gasteiger partial charge < -0.3 is 19.6 Å². The fourth-order valence-corrected chi connectivity index (χ4v) is 6.17. The fourth-order valence-electron chi connectivity index (χ4n) is 5.89. The summed E-state index contributed by atoms with van der Waals surface area (Å²) in [7, 11) is 4.11. The maximum atomic E-state index is 16.7. The lowest BCUT2D eigenvalue weighted by atomic mass is 9.96. The summed E-state index contributed by atoms with van der Waals surface area (Å²) in [4.78, 5) is 30.6. The topological polar surface area (TPSA) is 84.5 Å². The molecule has 2 aromatic carbocycles. The lowest BCUT2D eigenvalue weighted by Crippen LogP contribution is -2.58. The van der Waals surface area contributed by atoms with E-state index in [-0.39, 0.29) is 22.5 Å². The monoisotopic (exact) mass is 564 g/mol. The number of benzene rings is 2. The number of aromatic nitrogens is 4. The van der Waals surface area contributed by atoms with Crippen LogP contribution in [0, 0.1) is 12.7 Å². The van der Waals surface area contributed by atoms with Gasteiger partial charge in [-0.3, -0.25) is 9.89 Å². The second kappa shape index (κ2) is 10.2. The van der Waals surface area contributed by atoms with Crippen LogP contribution in [0.15, 0.2) is 24.4 Å². The van der Waals surface area contributed by atoms with Crippen molar-refractivity contribution < 1.29 is 9.18 Å². The number of H-pyrrole nitrogens is 1. The summed E-state index contributed by atoms with van der Waals surface area (Å²) < 4.78 is 16.7. The molecule has 40 heavy (non-hydrogen) atoms. The Morgan fingerprint density at radius 2 is 1.93 bits per heavy atom. The van der Waals surface area contributed by atoms with Crippen LogP contribution in [0.25, 0.3) is 32.9 Å². The Morgan fingerprint density at radius 3 is 2.62 bits per heavy atom. The molecule has 210 valence electrons. The zero-order valence-corrected chi connectivity index (χ0v) is 24.3. The summed E-state index contributed by atoms with van der Waals surface area (Å²) >= 11 is 6.88. The first-order valence-electron chi connectivity index (χ1n) is 13.8. The number of nitrogens with one attached hydrogen (secondary N) is 1. The van der Waals surface area contributed by atoms with Gasteiger partial charge in [-0.15, -0.1) is 0 Å². The number of carbonyl (C=O) groups is 1. The van der Waals surface area contributed by atoms with Crippen LogP contribution in [0.5, 0.6) is 0 Å². The molecule has 1 unspecified atom stereocenters. The van der Waals surface area contributed by atoms with Gasteiger partial charge in [-0.05, 0) is 39.6 Å². The molecular weight excluding hydrogens is 531 g/mol. The van der Waals surface area contributed by atoms with Gasteiger partial charge in [0.1, 0.15) is 11.3 Å². The molecule has 6 rings (SSSR count). The zero-order valence-electron chi connectivity index (χ0n) is 23.5. The summed E-state index contributed by atoms with van der Waals surface area (Å²) in [6.45, 7) is 9.15. The largest absolute Gasteiger partial charge is 0.352 e. The van der Waals surface area contributed by atoms with Gasteiger partial charge in [-0.25, -0.2) is 9.37 Å². The van der Waals surface area contributed by atoms with E-state index in [2.05, 4.69) is 39.0 Å². The van der Waals surface area contributed by atoms with E-state index in [9.17, 15) is 4.79 Å². The highest BCUT2D eigenvalue weighted by atomic mass is 35.5. The second-order valence-corrected chi connectivity index (χ2v) is 11.5. The highest BCUT2D eigenvalue weighted by Crippen LogP contribution is 2.42. The molecule has 4 aromatic rings. The number of carbonyl (C=O) groups excluding carboxylic acids is 1. The first-order chi connectivity index (χ1) is 19.2. The Balaban J connectivity index is 1.51. The number of aromatic amines is 1. The third-order valence-electron chi connectivity index (χ3n) is 8.35. The fraction of sp³-hybridized carbons (Fsp3) is 0.448. The van der Waals surface area contributed by atoms with Crippen LogP contribution in [0.1, 0.15) is 25.8 Å². The summed E-state index contributed by atoms with van der Waals surface area (Å²) in [5.74, 6) is 0.810. The van der Waals surface area contributed by atoms with Gasteiger partial charge in [0.25, 0.3) is 0 Å². The Morgan fingerprint density at radius 1 is 1.15 bits per heavy atom. The number of aryl methyl sites for hydroxylation is 1. The normalized spacial score (nSPS) is 18.3. The van der Waals surface area contributed by atoms with Crippen LogP contribution in [0.3, 0.4) is 0 Å². The molecule has 2 aliphatic rings. The summed E-state index contributed by atoms with van der Waals surface area (Å²) in [6, 6.07) is 6.08. The molecule has 0 aliphatic carbocycles. The van der Waals surface area contributed by atoms with Crippen molar-refractivity contribution in [2.45, 2.75) is 39.3 Å².